The predicted molar refractivity (Wildman–Crippen MR) is 182 cm³/mol. The number of benzene rings is 2. The lowest BCUT2D eigenvalue weighted by molar-refractivity contribution is -0.133. The Morgan fingerprint density at radius 2 is 1.38 bits per heavy atom. The molecule has 1 heterocycles. The molecule has 1 aromatic heterocycles. The lowest BCUT2D eigenvalue weighted by Gasteiger charge is -2.26. The van der Waals surface area contributed by atoms with Gasteiger partial charge in [-0.2, -0.15) is 0 Å². The molecule has 2 aromatic carbocycles. The van der Waals surface area contributed by atoms with Crippen molar-refractivity contribution in [1.29, 1.82) is 0 Å². The number of nitrogens with one attached hydrogen (secondary N) is 3. The second kappa shape index (κ2) is 18.0. The Bertz CT molecular complexity index is 1560. The highest BCUT2D eigenvalue weighted by molar-refractivity contribution is 5.95. The number of guanidine groups is 1. The molecule has 3 rings (SSSR count). The second-order valence-corrected chi connectivity index (χ2v) is 11.6. The van der Waals surface area contributed by atoms with Crippen molar-refractivity contribution in [2.75, 3.05) is 6.54 Å². The third kappa shape index (κ3) is 11.7. The van der Waals surface area contributed by atoms with Crippen molar-refractivity contribution in [3.8, 4) is 5.75 Å². The summed E-state index contributed by atoms with van der Waals surface area (Å²) in [5.41, 5.74) is 25.9. The van der Waals surface area contributed by atoms with Gasteiger partial charge in [-0.15, -0.1) is 0 Å². The van der Waals surface area contributed by atoms with Crippen molar-refractivity contribution in [2.24, 2.45) is 27.9 Å². The van der Waals surface area contributed by atoms with Crippen LogP contribution in [0.1, 0.15) is 40.8 Å². The average molecular weight is 660 g/mol. The van der Waals surface area contributed by atoms with Crippen LogP contribution in [-0.4, -0.2) is 70.4 Å². The minimum absolute atomic E-state index is 0.0164. The van der Waals surface area contributed by atoms with Crippen LogP contribution < -0.4 is 38.9 Å². The highest BCUT2D eigenvalue weighted by Crippen LogP contribution is 2.22. The van der Waals surface area contributed by atoms with Crippen molar-refractivity contribution in [1.82, 2.24) is 20.9 Å². The highest BCUT2D eigenvalue weighted by atomic mass is 16.3. The number of aryl methyl sites for hydroxylation is 2. The molecular weight excluding hydrogens is 614 g/mol. The standard InChI is InChI=1S/C34H45N9O5/c1-20-15-24(44)16-21(2)25(20)19-29(42-31(46)26(35)12-8-14-40-34(37)38)33(48)43-28(18-23-11-6-7-13-39-23)32(47)41-27(30(36)45)17-22-9-4-3-5-10-22/h3-7,9-11,13,15-16,26-29,44H,8,12,14,17-19,35H2,1-2H3,(H2,36,45)(H,41,47)(H,42,46)(H,43,48)(H4,37,38,40)/t26-,27+,28+,29+/m1/s1. The number of phenolic OH excluding ortho intramolecular Hbond substituents is 1. The summed E-state index contributed by atoms with van der Waals surface area (Å²) in [5.74, 6) is -2.67. The van der Waals surface area contributed by atoms with Crippen LogP contribution in [0, 0.1) is 13.8 Å². The molecule has 0 fully saturated rings. The molecule has 0 radical (unpaired) electrons. The number of nitrogens with zero attached hydrogens (tertiary/aromatic N) is 2. The third-order valence-electron chi connectivity index (χ3n) is 7.74. The topological polar surface area (TPSA) is 254 Å². The summed E-state index contributed by atoms with van der Waals surface area (Å²) in [5, 5.41) is 18.2. The largest absolute Gasteiger partial charge is 0.508 e. The van der Waals surface area contributed by atoms with Gasteiger partial charge in [0.2, 0.25) is 23.6 Å². The summed E-state index contributed by atoms with van der Waals surface area (Å²) in [6.07, 6.45) is 2.39. The number of amides is 4. The highest BCUT2D eigenvalue weighted by Gasteiger charge is 2.31. The van der Waals surface area contributed by atoms with Gasteiger partial charge < -0.3 is 44.0 Å². The molecule has 0 bridgehead atoms. The van der Waals surface area contributed by atoms with Crippen LogP contribution in [0.25, 0.3) is 0 Å². The SMILES string of the molecule is Cc1cc(O)cc(C)c1C[C@H](NC(=O)[C@H](N)CCCN=C(N)N)C(=O)N[C@@H](Cc1ccccn1)C(=O)N[C@@H](Cc1ccccc1)C(N)=O. The Morgan fingerprint density at radius 1 is 0.792 bits per heavy atom. The van der Waals surface area contributed by atoms with Gasteiger partial charge in [-0.3, -0.25) is 29.2 Å². The van der Waals surface area contributed by atoms with Crippen molar-refractivity contribution in [3.63, 3.8) is 0 Å². The Morgan fingerprint density at radius 3 is 1.96 bits per heavy atom. The Labute approximate surface area is 279 Å². The van der Waals surface area contributed by atoms with Crippen LogP contribution >= 0.6 is 0 Å². The van der Waals surface area contributed by atoms with E-state index in [1.165, 1.54) is 0 Å². The summed E-state index contributed by atoms with van der Waals surface area (Å²) in [4.78, 5) is 61.5. The summed E-state index contributed by atoms with van der Waals surface area (Å²) >= 11 is 0. The van der Waals surface area contributed by atoms with Gasteiger partial charge in [0, 0.05) is 37.7 Å². The van der Waals surface area contributed by atoms with Crippen molar-refractivity contribution < 1.29 is 24.3 Å². The zero-order valence-corrected chi connectivity index (χ0v) is 27.2. The van der Waals surface area contributed by atoms with Gasteiger partial charge in [0.25, 0.3) is 0 Å². The lowest BCUT2D eigenvalue weighted by atomic mass is 9.95. The van der Waals surface area contributed by atoms with E-state index in [0.29, 0.717) is 23.2 Å². The second-order valence-electron chi connectivity index (χ2n) is 11.6. The fourth-order valence-electron chi connectivity index (χ4n) is 5.19. The van der Waals surface area contributed by atoms with Gasteiger partial charge >= 0.3 is 0 Å². The molecule has 4 amide bonds. The molecule has 14 heteroatoms. The maximum atomic E-state index is 14.0. The molecule has 0 aliphatic rings. The number of phenols is 1. The normalized spacial score (nSPS) is 13.3. The van der Waals surface area contributed by atoms with Crippen LogP contribution in [0.3, 0.4) is 0 Å². The maximum absolute atomic E-state index is 14.0. The molecule has 0 aliphatic heterocycles. The molecule has 0 unspecified atom stereocenters. The summed E-state index contributed by atoms with van der Waals surface area (Å²) in [7, 11) is 0. The molecule has 4 atom stereocenters. The van der Waals surface area contributed by atoms with E-state index in [1.54, 1.807) is 74.6 Å². The number of aromatic nitrogens is 1. The van der Waals surface area contributed by atoms with Gasteiger partial charge in [-0.05, 0) is 73.2 Å². The quantitative estimate of drug-likeness (QED) is 0.0539. The molecule has 256 valence electrons. The van der Waals surface area contributed by atoms with E-state index in [4.69, 9.17) is 22.9 Å². The Hall–Kier alpha value is -5.50. The van der Waals surface area contributed by atoms with E-state index in [-0.39, 0.29) is 43.9 Å². The third-order valence-corrected chi connectivity index (χ3v) is 7.74. The van der Waals surface area contributed by atoms with E-state index in [1.807, 2.05) is 6.07 Å². The zero-order valence-electron chi connectivity index (χ0n) is 27.2. The van der Waals surface area contributed by atoms with Gasteiger partial charge in [-0.25, -0.2) is 0 Å². The van der Waals surface area contributed by atoms with Gasteiger partial charge in [0.1, 0.15) is 23.9 Å². The molecule has 12 N–H and O–H groups in total. The van der Waals surface area contributed by atoms with E-state index in [2.05, 4.69) is 25.9 Å². The first-order chi connectivity index (χ1) is 22.8. The summed E-state index contributed by atoms with van der Waals surface area (Å²) < 4.78 is 0. The van der Waals surface area contributed by atoms with Crippen LogP contribution in [0.5, 0.6) is 5.75 Å². The number of pyridine rings is 1. The molecule has 0 saturated heterocycles. The monoisotopic (exact) mass is 659 g/mol. The summed E-state index contributed by atoms with van der Waals surface area (Å²) in [6, 6.07) is 12.9. The van der Waals surface area contributed by atoms with Gasteiger partial charge in [-0.1, -0.05) is 36.4 Å². The Kier molecular flexibility index (Phi) is 13.9. The predicted octanol–water partition coefficient (Wildman–Crippen LogP) is -0.247. The first kappa shape index (κ1) is 37.0. The van der Waals surface area contributed by atoms with E-state index in [9.17, 15) is 24.3 Å². The minimum Gasteiger partial charge on any atom is -0.508 e. The number of rotatable bonds is 17. The summed E-state index contributed by atoms with van der Waals surface area (Å²) in [6.45, 7) is 3.84. The number of aromatic hydroxyl groups is 1. The smallest absolute Gasteiger partial charge is 0.243 e. The fourth-order valence-corrected chi connectivity index (χ4v) is 5.19. The number of hydrogen-bond acceptors (Lipinski definition) is 8. The fraction of sp³-hybridized carbons (Fsp3) is 0.353. The van der Waals surface area contributed by atoms with Crippen molar-refractivity contribution in [2.45, 2.75) is 70.1 Å². The van der Waals surface area contributed by atoms with Crippen LogP contribution in [0.2, 0.25) is 0 Å². The van der Waals surface area contributed by atoms with E-state index in [0.717, 1.165) is 11.1 Å². The number of nitrogens with two attached hydrogens (primary N) is 4. The number of primary amides is 1. The minimum atomic E-state index is -1.19. The molecule has 0 saturated carbocycles. The number of carbonyl (C=O) groups excluding carboxylic acids is 4. The number of aliphatic imine (C=N–C) groups is 1. The zero-order chi connectivity index (χ0) is 35.2. The van der Waals surface area contributed by atoms with Gasteiger partial charge in [0.05, 0.1) is 6.04 Å². The molecule has 0 aliphatic carbocycles. The first-order valence-corrected chi connectivity index (χ1v) is 15.6. The molecule has 14 nitrogen and oxygen atoms in total. The number of hydrogen-bond donors (Lipinski definition) is 8. The molecule has 0 spiro atoms. The van der Waals surface area contributed by atoms with E-state index >= 15 is 0 Å². The first-order valence-electron chi connectivity index (χ1n) is 15.6. The van der Waals surface area contributed by atoms with Crippen LogP contribution in [0.4, 0.5) is 0 Å². The van der Waals surface area contributed by atoms with Crippen LogP contribution in [0.15, 0.2) is 71.9 Å². The van der Waals surface area contributed by atoms with Crippen LogP contribution in [-0.2, 0) is 38.4 Å². The Balaban J connectivity index is 1.88. The van der Waals surface area contributed by atoms with E-state index < -0.39 is 47.8 Å². The lowest BCUT2D eigenvalue weighted by Crippen LogP contribution is -2.58. The maximum Gasteiger partial charge on any atom is 0.243 e. The van der Waals surface area contributed by atoms with Gasteiger partial charge in [0.15, 0.2) is 5.96 Å². The number of carbonyl (C=O) groups is 4. The molecule has 48 heavy (non-hydrogen) atoms. The average Bonchev–Trinajstić information content (AvgIpc) is 3.04. The molecular formula is C34H45N9O5. The van der Waals surface area contributed by atoms with Crippen molar-refractivity contribution in [3.05, 3.63) is 94.8 Å². The molecule has 3 aromatic rings. The van der Waals surface area contributed by atoms with Crippen molar-refractivity contribution >= 4 is 29.6 Å².